The summed E-state index contributed by atoms with van der Waals surface area (Å²) in [5.74, 6) is 7.30. The van der Waals surface area contributed by atoms with Crippen molar-refractivity contribution in [2.45, 2.75) is 94.8 Å². The number of hydrogen-bond donors (Lipinski definition) is 2. The third-order valence-electron chi connectivity index (χ3n) is 13.6. The van der Waals surface area contributed by atoms with Crippen LogP contribution in [0.25, 0.3) is 21.5 Å². The summed E-state index contributed by atoms with van der Waals surface area (Å²) in [6.45, 7) is 17.3. The first-order valence-electron chi connectivity index (χ1n) is 23.3. The topological polar surface area (TPSA) is 154 Å². The lowest BCUT2D eigenvalue weighted by Gasteiger charge is -2.27. The normalized spacial score (nSPS) is 17.7. The third-order valence-corrected chi connectivity index (χ3v) is 15.5. The Morgan fingerprint density at radius 3 is 2.09 bits per heavy atom. The molecule has 3 aliphatic rings. The van der Waals surface area contributed by atoms with Crippen LogP contribution in [0.3, 0.4) is 0 Å². The summed E-state index contributed by atoms with van der Waals surface area (Å²) in [5, 5.41) is 10.1. The summed E-state index contributed by atoms with van der Waals surface area (Å²) in [6.07, 6.45) is 12.0. The maximum Gasteiger partial charge on any atom is 0.210 e. The fraction of sp³-hybridized carbons (Fsp3) is 0.309. The summed E-state index contributed by atoms with van der Waals surface area (Å²) in [7, 11) is -9.23. The van der Waals surface area contributed by atoms with Crippen molar-refractivity contribution >= 4 is 76.2 Å². The van der Waals surface area contributed by atoms with Gasteiger partial charge in [0, 0.05) is 47.6 Å². The van der Waals surface area contributed by atoms with E-state index in [-0.39, 0.29) is 9.79 Å². The highest BCUT2D eigenvalue weighted by atomic mass is 32.2. The minimum atomic E-state index is -4.62. The molecule has 69 heavy (non-hydrogen) atoms. The Kier molecular flexibility index (Phi) is 13.9. The van der Waals surface area contributed by atoms with Crippen molar-refractivity contribution < 1.29 is 35.3 Å². The van der Waals surface area contributed by atoms with Crippen LogP contribution in [-0.2, 0) is 37.5 Å². The molecule has 8 rings (SSSR count). The van der Waals surface area contributed by atoms with E-state index in [4.69, 9.17) is 17.0 Å². The second-order valence-electron chi connectivity index (χ2n) is 18.5. The summed E-state index contributed by atoms with van der Waals surface area (Å²) in [5.41, 5.74) is 8.66. The number of benzene rings is 5. The zero-order valence-electron chi connectivity index (χ0n) is 40.0. The maximum atomic E-state index is 11.9. The zero-order chi connectivity index (χ0) is 49.5. The highest BCUT2D eigenvalue weighted by molar-refractivity contribution is 7.86. The van der Waals surface area contributed by atoms with Crippen LogP contribution in [0.2, 0.25) is 0 Å². The van der Waals surface area contributed by atoms with Gasteiger partial charge in [-0.3, -0.25) is 0 Å². The first-order valence-corrected chi connectivity index (χ1v) is 26.5. The van der Waals surface area contributed by atoms with E-state index in [1.807, 2.05) is 36.4 Å². The van der Waals surface area contributed by atoms with Crippen LogP contribution >= 0.6 is 12.2 Å². The quantitative estimate of drug-likeness (QED) is 0.0502. The van der Waals surface area contributed by atoms with E-state index in [9.17, 15) is 25.9 Å². The fourth-order valence-corrected chi connectivity index (χ4v) is 11.5. The molecule has 0 amide bonds. The molecule has 358 valence electrons. The molecule has 5 aromatic rings. The number of nitrogens with one attached hydrogen (secondary N) is 2. The minimum Gasteiger partial charge on any atom is -0.744 e. The molecule has 0 fully saturated rings. The van der Waals surface area contributed by atoms with Gasteiger partial charge in [0.25, 0.3) is 0 Å². The number of fused-ring (bicyclic) bond motifs is 6. The number of hydrogen-bond acceptors (Lipinski definition) is 9. The van der Waals surface area contributed by atoms with Gasteiger partial charge in [-0.2, -0.15) is 4.58 Å². The largest absolute Gasteiger partial charge is 0.744 e. The molecule has 14 heteroatoms. The molecular formula is C55H57N4O7S3-. The third kappa shape index (κ3) is 9.76. The molecule has 0 atom stereocenters. The number of ether oxygens (including phenoxy) is 1. The summed E-state index contributed by atoms with van der Waals surface area (Å²) in [6, 6.07) is 25.2. The molecule has 0 radical (unpaired) electrons. The number of allylic oxidation sites excluding steroid dienone is 7. The SMILES string of the molecule is CC#CCNC(=S)NCCc1ccc(OC2=C(/C=C/C3=[N+](CC)c4ccc5cc(S(=O)(=O)[O-])ccc5c4C3(C)C)CCC/C2=C\C=C2\N(CC)c3ccc4cc(S(=O)(=O)[O-])ccc4c3C2(C)C)cc1. The maximum absolute atomic E-state index is 11.9. The molecule has 0 saturated heterocycles. The summed E-state index contributed by atoms with van der Waals surface area (Å²) < 4.78 is 81.0. The van der Waals surface area contributed by atoms with Crippen LogP contribution in [0.4, 0.5) is 11.4 Å². The standard InChI is InChI=1S/C55H58N4O7S3/c1-8-11-32-56-53(67)57-33-31-36-15-21-41(22-16-36)66-52-37(19-29-48-54(4,5)50-44-25-23-42(68(60,61)62)34-39(44)17-27-46(50)58(48)9-2)13-12-14-38(52)20-30-49-55(6,7)51-45-26-24-43(69(63,64)65)35-40(45)18-28-47(51)59(49)10-3/h15-30,34-35H,9-10,12-14,31-33H2,1-7H3,(H3-,56,57,60,61,62,63,64,65,67)/p-1. The monoisotopic (exact) mass is 981 g/mol. The lowest BCUT2D eigenvalue weighted by atomic mass is 9.78. The van der Waals surface area contributed by atoms with Crippen LogP contribution in [0, 0.1) is 11.8 Å². The van der Waals surface area contributed by atoms with Crippen LogP contribution in [0.1, 0.15) is 84.4 Å². The Balaban J connectivity index is 1.17. The van der Waals surface area contributed by atoms with E-state index >= 15 is 0 Å². The average Bonchev–Trinajstić information content (AvgIpc) is 3.68. The van der Waals surface area contributed by atoms with Crippen LogP contribution in [0.5, 0.6) is 5.75 Å². The smallest absolute Gasteiger partial charge is 0.210 e. The van der Waals surface area contributed by atoms with Gasteiger partial charge in [-0.05, 0) is 177 Å². The van der Waals surface area contributed by atoms with Gasteiger partial charge >= 0.3 is 0 Å². The lowest BCUT2D eigenvalue weighted by molar-refractivity contribution is -0.433. The van der Waals surface area contributed by atoms with Crippen molar-refractivity contribution in [1.82, 2.24) is 10.6 Å². The fourth-order valence-electron chi connectivity index (χ4n) is 10.3. The van der Waals surface area contributed by atoms with Crippen LogP contribution in [0.15, 0.2) is 142 Å². The molecule has 0 aromatic heterocycles. The highest BCUT2D eigenvalue weighted by Gasteiger charge is 2.45. The molecule has 0 bridgehead atoms. The number of likely N-dealkylation sites (N-methyl/N-ethyl adjacent to an activating group) is 1. The second-order valence-corrected chi connectivity index (χ2v) is 21.7. The predicted molar refractivity (Wildman–Crippen MR) is 277 cm³/mol. The molecule has 0 unspecified atom stereocenters. The summed E-state index contributed by atoms with van der Waals surface area (Å²) >= 11 is 5.39. The number of thiocarbonyl (C=S) groups is 1. The highest BCUT2D eigenvalue weighted by Crippen LogP contribution is 2.51. The predicted octanol–water partition coefficient (Wildman–Crippen LogP) is 9.93. The van der Waals surface area contributed by atoms with Crippen LogP contribution in [-0.4, -0.2) is 67.5 Å². The Morgan fingerprint density at radius 2 is 1.46 bits per heavy atom. The van der Waals surface area contributed by atoms with Crippen molar-refractivity contribution in [2.75, 3.05) is 31.1 Å². The second kappa shape index (κ2) is 19.4. The van der Waals surface area contributed by atoms with Crippen molar-refractivity contribution in [1.29, 1.82) is 0 Å². The molecule has 11 nitrogen and oxygen atoms in total. The zero-order valence-corrected chi connectivity index (χ0v) is 42.5. The minimum absolute atomic E-state index is 0.247. The molecule has 0 spiro atoms. The van der Waals surface area contributed by atoms with Gasteiger partial charge in [0.15, 0.2) is 10.8 Å². The molecule has 2 aliphatic heterocycles. The van der Waals surface area contributed by atoms with E-state index in [1.165, 1.54) is 24.3 Å². The lowest BCUT2D eigenvalue weighted by Crippen LogP contribution is -2.36. The Bertz CT molecular complexity index is 3370. The number of nitrogens with zero attached hydrogens (tertiary/aromatic N) is 2. The molecule has 0 saturated carbocycles. The van der Waals surface area contributed by atoms with E-state index in [0.717, 1.165) is 92.8 Å². The molecule has 2 N–H and O–H groups in total. The van der Waals surface area contributed by atoms with Crippen LogP contribution < -0.4 is 20.3 Å². The van der Waals surface area contributed by atoms with Gasteiger partial charge in [-0.15, -0.1) is 5.92 Å². The molecule has 2 heterocycles. The van der Waals surface area contributed by atoms with Crippen molar-refractivity contribution in [3.63, 3.8) is 0 Å². The average molecular weight is 982 g/mol. The van der Waals surface area contributed by atoms with E-state index in [1.54, 1.807) is 19.1 Å². The van der Waals surface area contributed by atoms with Crippen molar-refractivity contribution in [3.05, 3.63) is 149 Å². The number of rotatable bonds is 13. The van der Waals surface area contributed by atoms with Gasteiger partial charge in [0.2, 0.25) is 5.69 Å². The summed E-state index contributed by atoms with van der Waals surface area (Å²) in [4.78, 5) is 1.81. The molecule has 1 aliphatic carbocycles. The van der Waals surface area contributed by atoms with Gasteiger partial charge in [-0.25, -0.2) is 16.8 Å². The van der Waals surface area contributed by atoms with E-state index in [2.05, 4.69) is 110 Å². The van der Waals surface area contributed by atoms with Crippen molar-refractivity contribution in [3.8, 4) is 17.6 Å². The number of anilines is 1. The van der Waals surface area contributed by atoms with Gasteiger partial charge in [0.1, 0.15) is 38.3 Å². The Hall–Kier alpha value is -6.08. The van der Waals surface area contributed by atoms with E-state index < -0.39 is 31.1 Å². The van der Waals surface area contributed by atoms with Gasteiger partial charge < -0.3 is 29.4 Å². The first-order chi connectivity index (χ1) is 32.8. The Labute approximate surface area is 411 Å². The van der Waals surface area contributed by atoms with Gasteiger partial charge in [0.05, 0.1) is 21.8 Å². The molecular weight excluding hydrogens is 925 g/mol. The van der Waals surface area contributed by atoms with Gasteiger partial charge in [-0.1, -0.05) is 56.2 Å². The first kappa shape index (κ1) is 49.3. The Morgan fingerprint density at radius 1 is 0.812 bits per heavy atom. The van der Waals surface area contributed by atoms with E-state index in [0.29, 0.717) is 47.8 Å². The molecule has 5 aromatic carbocycles. The van der Waals surface area contributed by atoms with Crippen molar-refractivity contribution in [2.24, 2.45) is 0 Å².